The Morgan fingerprint density at radius 1 is 0.964 bits per heavy atom. The highest BCUT2D eigenvalue weighted by Crippen LogP contribution is 2.40. The van der Waals surface area contributed by atoms with Crippen LogP contribution in [0.25, 0.3) is 0 Å². The molecule has 0 aliphatic heterocycles. The topological polar surface area (TPSA) is 114 Å². The summed E-state index contributed by atoms with van der Waals surface area (Å²) in [5.74, 6) is 2.20. The normalized spacial score (nSPS) is 9.93. The number of methoxy groups -OCH3 is 3. The molecule has 9 heteroatoms. The summed E-state index contributed by atoms with van der Waals surface area (Å²) in [5.41, 5.74) is 1.74. The van der Waals surface area contributed by atoms with Crippen LogP contribution >= 0.6 is 0 Å². The number of nitrogens with one attached hydrogen (secondary N) is 2. The third-order valence-electron chi connectivity index (χ3n) is 3.79. The Hall–Kier alpha value is -4.06. The molecule has 0 aliphatic rings. The van der Waals surface area contributed by atoms with Crippen molar-refractivity contribution in [3.63, 3.8) is 0 Å². The lowest BCUT2D eigenvalue weighted by atomic mass is 10.2. The van der Waals surface area contributed by atoms with E-state index in [9.17, 15) is 5.26 Å². The fraction of sp³-hybridized carbons (Fsp3) is 0.158. The lowest BCUT2D eigenvalue weighted by Crippen LogP contribution is -2.04. The Labute approximate surface area is 161 Å². The average molecular weight is 378 g/mol. The van der Waals surface area contributed by atoms with Crippen molar-refractivity contribution in [3.05, 3.63) is 48.2 Å². The number of ether oxygens (including phenoxy) is 3. The number of nitriles is 1. The van der Waals surface area contributed by atoms with Crippen LogP contribution in [0.15, 0.2) is 42.6 Å². The zero-order chi connectivity index (χ0) is 19.9. The van der Waals surface area contributed by atoms with Gasteiger partial charge in [-0.1, -0.05) is 12.1 Å². The second-order valence-electron chi connectivity index (χ2n) is 5.49. The van der Waals surface area contributed by atoms with E-state index in [1.54, 1.807) is 51.7 Å². The predicted octanol–water partition coefficient (Wildman–Crippen LogP) is 3.26. The number of hydrogen-bond donors (Lipinski definition) is 2. The van der Waals surface area contributed by atoms with E-state index in [2.05, 4.69) is 31.9 Å². The van der Waals surface area contributed by atoms with Gasteiger partial charge in [0.15, 0.2) is 17.3 Å². The first-order valence-corrected chi connectivity index (χ1v) is 8.21. The number of para-hydroxylation sites is 1. The first-order chi connectivity index (χ1) is 13.7. The highest BCUT2D eigenvalue weighted by atomic mass is 16.5. The molecule has 0 bridgehead atoms. The van der Waals surface area contributed by atoms with Gasteiger partial charge < -0.3 is 24.8 Å². The highest BCUT2D eigenvalue weighted by molar-refractivity contribution is 5.67. The van der Waals surface area contributed by atoms with Gasteiger partial charge in [-0.25, -0.2) is 0 Å². The molecule has 1 heterocycles. The number of hydrogen-bond acceptors (Lipinski definition) is 9. The summed E-state index contributed by atoms with van der Waals surface area (Å²) in [5, 5.41) is 23.2. The van der Waals surface area contributed by atoms with Crippen molar-refractivity contribution in [1.29, 1.82) is 5.26 Å². The van der Waals surface area contributed by atoms with Gasteiger partial charge in [0.05, 0.1) is 38.8 Å². The molecule has 3 rings (SSSR count). The van der Waals surface area contributed by atoms with Crippen molar-refractivity contribution in [2.24, 2.45) is 0 Å². The molecule has 2 aromatic carbocycles. The Morgan fingerprint density at radius 3 is 2.32 bits per heavy atom. The smallest absolute Gasteiger partial charge is 0.249 e. The molecule has 3 aromatic rings. The lowest BCUT2D eigenvalue weighted by molar-refractivity contribution is 0.324. The number of anilines is 4. The molecule has 0 saturated carbocycles. The molecule has 28 heavy (non-hydrogen) atoms. The van der Waals surface area contributed by atoms with Crippen molar-refractivity contribution in [2.75, 3.05) is 32.0 Å². The first-order valence-electron chi connectivity index (χ1n) is 8.21. The second kappa shape index (κ2) is 8.55. The zero-order valence-electron chi connectivity index (χ0n) is 15.6. The average Bonchev–Trinajstić information content (AvgIpc) is 2.73. The lowest BCUT2D eigenvalue weighted by Gasteiger charge is -2.15. The molecule has 0 atom stereocenters. The summed E-state index contributed by atoms with van der Waals surface area (Å²) >= 11 is 0. The van der Waals surface area contributed by atoms with Gasteiger partial charge in [0.25, 0.3) is 0 Å². The van der Waals surface area contributed by atoms with Crippen molar-refractivity contribution in [2.45, 2.75) is 0 Å². The standard InChI is InChI=1S/C19H18N6O3/c1-26-15-8-13(9-16(27-2)18(15)28-3)22-17-11-21-25-19(24-17)23-14-7-5-4-6-12(14)10-20/h4-9,11H,1-3H3,(H2,22,23,24,25). The van der Waals surface area contributed by atoms with E-state index in [-0.39, 0.29) is 5.95 Å². The minimum atomic E-state index is 0.250. The second-order valence-corrected chi connectivity index (χ2v) is 5.49. The summed E-state index contributed by atoms with van der Waals surface area (Å²) in [6.07, 6.45) is 1.48. The van der Waals surface area contributed by atoms with Crippen LogP contribution in [0.3, 0.4) is 0 Å². The van der Waals surface area contributed by atoms with E-state index < -0.39 is 0 Å². The minimum absolute atomic E-state index is 0.250. The molecule has 142 valence electrons. The van der Waals surface area contributed by atoms with Crippen LogP contribution < -0.4 is 24.8 Å². The summed E-state index contributed by atoms with van der Waals surface area (Å²) in [7, 11) is 4.63. The van der Waals surface area contributed by atoms with Crippen LogP contribution in [0, 0.1) is 11.3 Å². The summed E-state index contributed by atoms with van der Waals surface area (Å²) in [4.78, 5) is 4.37. The third-order valence-corrected chi connectivity index (χ3v) is 3.79. The molecule has 9 nitrogen and oxygen atoms in total. The van der Waals surface area contributed by atoms with Crippen LogP contribution in [0.5, 0.6) is 17.2 Å². The Balaban J connectivity index is 1.86. The fourth-order valence-corrected chi connectivity index (χ4v) is 2.53. The molecule has 0 aliphatic carbocycles. The van der Waals surface area contributed by atoms with E-state index in [1.807, 2.05) is 6.07 Å². The van der Waals surface area contributed by atoms with Crippen molar-refractivity contribution < 1.29 is 14.2 Å². The molecule has 0 amide bonds. The monoisotopic (exact) mass is 378 g/mol. The maximum absolute atomic E-state index is 9.19. The number of rotatable bonds is 7. The molecule has 0 saturated heterocycles. The summed E-state index contributed by atoms with van der Waals surface area (Å²) in [6.45, 7) is 0. The van der Waals surface area contributed by atoms with Crippen molar-refractivity contribution in [3.8, 4) is 23.3 Å². The Kier molecular flexibility index (Phi) is 5.72. The van der Waals surface area contributed by atoms with Crippen LogP contribution in [0.2, 0.25) is 0 Å². The third kappa shape index (κ3) is 4.02. The fourth-order valence-electron chi connectivity index (χ4n) is 2.53. The number of nitrogens with zero attached hydrogens (tertiary/aromatic N) is 4. The van der Waals surface area contributed by atoms with Crippen LogP contribution in [-0.2, 0) is 0 Å². The Morgan fingerprint density at radius 2 is 1.68 bits per heavy atom. The summed E-state index contributed by atoms with van der Waals surface area (Å²) < 4.78 is 16.0. The first kappa shape index (κ1) is 18.7. The van der Waals surface area contributed by atoms with Crippen molar-refractivity contribution >= 4 is 23.1 Å². The van der Waals surface area contributed by atoms with Gasteiger partial charge in [0.2, 0.25) is 11.7 Å². The van der Waals surface area contributed by atoms with E-state index in [0.717, 1.165) is 0 Å². The molecule has 0 radical (unpaired) electrons. The Bertz CT molecular complexity index is 994. The van der Waals surface area contributed by atoms with Gasteiger partial charge in [0, 0.05) is 17.8 Å². The number of aromatic nitrogens is 3. The molecular weight excluding hydrogens is 360 g/mol. The van der Waals surface area contributed by atoms with E-state index in [4.69, 9.17) is 14.2 Å². The van der Waals surface area contributed by atoms with Gasteiger partial charge in [-0.15, -0.1) is 5.10 Å². The maximum Gasteiger partial charge on any atom is 0.249 e. The largest absolute Gasteiger partial charge is 0.493 e. The van der Waals surface area contributed by atoms with Gasteiger partial charge in [0.1, 0.15) is 6.07 Å². The maximum atomic E-state index is 9.19. The molecule has 0 spiro atoms. The molecule has 0 fully saturated rings. The summed E-state index contributed by atoms with van der Waals surface area (Å²) in [6, 6.07) is 12.7. The van der Waals surface area contributed by atoms with Crippen LogP contribution in [0.4, 0.5) is 23.1 Å². The number of benzene rings is 2. The van der Waals surface area contributed by atoms with E-state index in [1.165, 1.54) is 6.20 Å². The molecule has 2 N–H and O–H groups in total. The molecular formula is C19H18N6O3. The molecule has 0 unspecified atom stereocenters. The highest BCUT2D eigenvalue weighted by Gasteiger charge is 2.14. The van der Waals surface area contributed by atoms with Crippen LogP contribution in [-0.4, -0.2) is 36.5 Å². The van der Waals surface area contributed by atoms with Crippen molar-refractivity contribution in [1.82, 2.24) is 15.2 Å². The van der Waals surface area contributed by atoms with Gasteiger partial charge in [-0.2, -0.15) is 15.3 Å². The molecule has 1 aromatic heterocycles. The van der Waals surface area contributed by atoms with E-state index >= 15 is 0 Å². The quantitative estimate of drug-likeness (QED) is 0.639. The minimum Gasteiger partial charge on any atom is -0.493 e. The van der Waals surface area contributed by atoms with E-state index in [0.29, 0.717) is 40.0 Å². The van der Waals surface area contributed by atoms with Gasteiger partial charge in [-0.3, -0.25) is 0 Å². The van der Waals surface area contributed by atoms with Gasteiger partial charge in [-0.05, 0) is 12.1 Å². The SMILES string of the molecule is COc1cc(Nc2cnnc(Nc3ccccc3C#N)n2)cc(OC)c1OC. The van der Waals surface area contributed by atoms with Gasteiger partial charge >= 0.3 is 0 Å². The van der Waals surface area contributed by atoms with Crippen LogP contribution in [0.1, 0.15) is 5.56 Å². The predicted molar refractivity (Wildman–Crippen MR) is 104 cm³/mol. The zero-order valence-corrected chi connectivity index (χ0v) is 15.6.